The van der Waals surface area contributed by atoms with Gasteiger partial charge in [-0.15, -0.1) is 11.3 Å². The van der Waals surface area contributed by atoms with E-state index in [0.717, 1.165) is 29.8 Å². The minimum Gasteiger partial charge on any atom is -0.495 e. The van der Waals surface area contributed by atoms with Gasteiger partial charge in [0.2, 0.25) is 5.91 Å². The lowest BCUT2D eigenvalue weighted by Gasteiger charge is -2.37. The highest BCUT2D eigenvalue weighted by Crippen LogP contribution is 2.42. The first-order valence-corrected chi connectivity index (χ1v) is 11.4. The zero-order valence-corrected chi connectivity index (χ0v) is 19.6. The molecule has 1 atom stereocenters. The second-order valence-corrected chi connectivity index (χ2v) is 8.78. The molecule has 7 heteroatoms. The molecule has 32 heavy (non-hydrogen) atoms. The molecule has 4 rings (SSSR count). The molecule has 0 saturated carbocycles. The van der Waals surface area contributed by atoms with E-state index in [-0.39, 0.29) is 18.5 Å². The Kier molecular flexibility index (Phi) is 6.67. The molecule has 1 aromatic heterocycles. The van der Waals surface area contributed by atoms with E-state index in [4.69, 9.17) is 14.2 Å². The molecule has 168 valence electrons. The highest BCUT2D eigenvalue weighted by Gasteiger charge is 2.32. The number of amides is 1. The third-order valence-corrected chi connectivity index (χ3v) is 6.69. The summed E-state index contributed by atoms with van der Waals surface area (Å²) in [5.41, 5.74) is 4.12. The van der Waals surface area contributed by atoms with E-state index in [1.807, 2.05) is 37.3 Å². The molecular formula is C25H28N2O4S. The molecule has 0 saturated heterocycles. The number of aryl methyl sites for hydroxylation is 1. The monoisotopic (exact) mass is 452 g/mol. The van der Waals surface area contributed by atoms with Crippen molar-refractivity contribution in [3.63, 3.8) is 0 Å². The van der Waals surface area contributed by atoms with Gasteiger partial charge in [0, 0.05) is 11.4 Å². The average Bonchev–Trinajstić information content (AvgIpc) is 3.32. The zero-order chi connectivity index (χ0) is 22.7. The lowest BCUT2D eigenvalue weighted by molar-refractivity contribution is -0.117. The number of benzene rings is 2. The summed E-state index contributed by atoms with van der Waals surface area (Å²) in [6, 6.07) is 14.0. The molecule has 0 radical (unpaired) electrons. The van der Waals surface area contributed by atoms with Crippen molar-refractivity contribution in [2.45, 2.75) is 19.4 Å². The summed E-state index contributed by atoms with van der Waals surface area (Å²) in [4.78, 5) is 16.5. The summed E-state index contributed by atoms with van der Waals surface area (Å²) in [7, 11) is 4.91. The molecule has 0 fully saturated rings. The average molecular weight is 453 g/mol. The van der Waals surface area contributed by atoms with Gasteiger partial charge in [-0.3, -0.25) is 9.69 Å². The number of methoxy groups -OCH3 is 3. The largest absolute Gasteiger partial charge is 0.495 e. The number of rotatable bonds is 7. The molecule has 6 nitrogen and oxygen atoms in total. The van der Waals surface area contributed by atoms with Crippen LogP contribution in [0.3, 0.4) is 0 Å². The quantitative estimate of drug-likeness (QED) is 0.565. The van der Waals surface area contributed by atoms with Crippen molar-refractivity contribution in [2.75, 3.05) is 39.7 Å². The lowest BCUT2D eigenvalue weighted by Crippen LogP contribution is -2.41. The van der Waals surface area contributed by atoms with Crippen LogP contribution >= 0.6 is 11.3 Å². The van der Waals surface area contributed by atoms with Crippen LogP contribution < -0.4 is 19.5 Å². The molecule has 3 aromatic rings. The summed E-state index contributed by atoms with van der Waals surface area (Å²) in [5, 5.41) is 5.10. The van der Waals surface area contributed by atoms with E-state index >= 15 is 0 Å². The summed E-state index contributed by atoms with van der Waals surface area (Å²) < 4.78 is 16.5. The Bertz CT molecular complexity index is 1100. The summed E-state index contributed by atoms with van der Waals surface area (Å²) in [5.74, 6) is 2.01. The number of nitrogens with one attached hydrogen (secondary N) is 1. The van der Waals surface area contributed by atoms with Crippen molar-refractivity contribution in [3.8, 4) is 17.2 Å². The first-order chi connectivity index (χ1) is 15.5. The fraction of sp³-hybridized carbons (Fsp3) is 0.320. The van der Waals surface area contributed by atoms with Crippen LogP contribution in [-0.4, -0.2) is 45.2 Å². The molecule has 0 unspecified atom stereocenters. The van der Waals surface area contributed by atoms with Crippen LogP contribution in [0.15, 0.2) is 47.8 Å². The first-order valence-electron chi connectivity index (χ1n) is 10.5. The van der Waals surface area contributed by atoms with Gasteiger partial charge in [0.1, 0.15) is 5.75 Å². The van der Waals surface area contributed by atoms with Gasteiger partial charge in [-0.05, 0) is 65.7 Å². The maximum absolute atomic E-state index is 13.1. The van der Waals surface area contributed by atoms with Gasteiger partial charge in [0.05, 0.1) is 39.6 Å². The van der Waals surface area contributed by atoms with Crippen molar-refractivity contribution in [1.82, 2.24) is 4.90 Å². The molecule has 1 amide bonds. The van der Waals surface area contributed by atoms with Crippen LogP contribution in [0.1, 0.15) is 27.6 Å². The lowest BCUT2D eigenvalue weighted by atomic mass is 9.91. The summed E-state index contributed by atoms with van der Waals surface area (Å²) in [6.07, 6.45) is 0.832. The van der Waals surface area contributed by atoms with Crippen LogP contribution in [0, 0.1) is 6.92 Å². The molecule has 0 spiro atoms. The topological polar surface area (TPSA) is 60.0 Å². The van der Waals surface area contributed by atoms with Crippen molar-refractivity contribution in [1.29, 1.82) is 0 Å². The smallest absolute Gasteiger partial charge is 0.238 e. The summed E-state index contributed by atoms with van der Waals surface area (Å²) in [6.45, 7) is 3.03. The number of hydrogen-bond donors (Lipinski definition) is 1. The minimum absolute atomic E-state index is 0.0243. The Balaban J connectivity index is 1.63. The van der Waals surface area contributed by atoms with E-state index < -0.39 is 0 Å². The number of fused-ring (bicyclic) bond motifs is 1. The van der Waals surface area contributed by atoms with Crippen LogP contribution in [-0.2, 0) is 11.2 Å². The van der Waals surface area contributed by atoms with E-state index in [0.29, 0.717) is 17.2 Å². The van der Waals surface area contributed by atoms with E-state index in [1.54, 1.807) is 32.7 Å². The Morgan fingerprint density at radius 2 is 1.81 bits per heavy atom. The van der Waals surface area contributed by atoms with Crippen molar-refractivity contribution < 1.29 is 19.0 Å². The van der Waals surface area contributed by atoms with Crippen LogP contribution in [0.5, 0.6) is 17.2 Å². The molecular weight excluding hydrogens is 424 g/mol. The zero-order valence-electron chi connectivity index (χ0n) is 18.8. The van der Waals surface area contributed by atoms with Gasteiger partial charge in [0.25, 0.3) is 0 Å². The molecule has 2 aromatic carbocycles. The van der Waals surface area contributed by atoms with Crippen molar-refractivity contribution >= 4 is 22.9 Å². The normalized spacial score (nSPS) is 15.7. The maximum atomic E-state index is 13.1. The molecule has 0 bridgehead atoms. The molecule has 1 aliphatic rings. The number of hydrogen-bond acceptors (Lipinski definition) is 6. The van der Waals surface area contributed by atoms with Gasteiger partial charge in [-0.2, -0.15) is 0 Å². The predicted octanol–water partition coefficient (Wildman–Crippen LogP) is 4.67. The molecule has 1 N–H and O–H groups in total. The number of ether oxygens (including phenoxy) is 3. The Labute approximate surface area is 192 Å². The van der Waals surface area contributed by atoms with Crippen LogP contribution in [0.2, 0.25) is 0 Å². The van der Waals surface area contributed by atoms with Gasteiger partial charge in [-0.25, -0.2) is 0 Å². The molecule has 2 heterocycles. The predicted molar refractivity (Wildman–Crippen MR) is 127 cm³/mol. The highest BCUT2D eigenvalue weighted by atomic mass is 32.1. The minimum atomic E-state index is -0.0700. The number of nitrogens with zero attached hydrogens (tertiary/aromatic N) is 1. The van der Waals surface area contributed by atoms with Crippen LogP contribution in [0.25, 0.3) is 0 Å². The SMILES string of the molecule is COc1ccc(C)cc1NC(=O)CN1CCc2cc(OC)c(OC)cc2[C@@H]1c1cccs1. The van der Waals surface area contributed by atoms with Gasteiger partial charge < -0.3 is 19.5 Å². The first kappa shape index (κ1) is 22.2. The van der Waals surface area contributed by atoms with Gasteiger partial charge in [-0.1, -0.05) is 12.1 Å². The van der Waals surface area contributed by atoms with Gasteiger partial charge >= 0.3 is 0 Å². The highest BCUT2D eigenvalue weighted by molar-refractivity contribution is 7.10. The second kappa shape index (κ2) is 9.63. The van der Waals surface area contributed by atoms with E-state index in [1.165, 1.54) is 10.4 Å². The van der Waals surface area contributed by atoms with Crippen molar-refractivity contribution in [2.24, 2.45) is 0 Å². The number of carbonyl (C=O) groups is 1. The van der Waals surface area contributed by atoms with E-state index in [9.17, 15) is 4.79 Å². The third kappa shape index (κ3) is 4.45. The standard InChI is InChI=1S/C25H28N2O4S/c1-16-7-8-20(29-2)19(12-16)26-24(28)15-27-10-9-17-13-21(30-3)22(31-4)14-18(17)25(27)23-6-5-11-32-23/h5-8,11-14,25H,9-10,15H2,1-4H3,(H,26,28)/t25-/m1/s1. The maximum Gasteiger partial charge on any atom is 0.238 e. The fourth-order valence-electron chi connectivity index (χ4n) is 4.24. The van der Waals surface area contributed by atoms with E-state index in [2.05, 4.69) is 27.7 Å². The molecule has 0 aliphatic carbocycles. The Morgan fingerprint density at radius 1 is 1.06 bits per heavy atom. The number of anilines is 1. The Morgan fingerprint density at radius 3 is 2.50 bits per heavy atom. The van der Waals surface area contributed by atoms with Gasteiger partial charge in [0.15, 0.2) is 11.5 Å². The second-order valence-electron chi connectivity index (χ2n) is 7.80. The van der Waals surface area contributed by atoms with Crippen LogP contribution in [0.4, 0.5) is 5.69 Å². The van der Waals surface area contributed by atoms with Crippen molar-refractivity contribution in [3.05, 3.63) is 69.4 Å². The number of carbonyl (C=O) groups excluding carboxylic acids is 1. The summed E-state index contributed by atoms with van der Waals surface area (Å²) >= 11 is 1.69. The third-order valence-electron chi connectivity index (χ3n) is 5.76. The molecule has 1 aliphatic heterocycles. The Hall–Kier alpha value is -3.03. The number of thiophene rings is 1. The fourth-order valence-corrected chi connectivity index (χ4v) is 5.12.